The van der Waals surface area contributed by atoms with Gasteiger partial charge in [-0.05, 0) is 0 Å². The molecule has 0 heterocycles. The van der Waals surface area contributed by atoms with Crippen LogP contribution in [-0.2, 0) is 24.0 Å². The molecule has 10 nitrogen and oxygen atoms in total. The zero-order valence-electron chi connectivity index (χ0n) is 11.8. The second-order valence-corrected chi connectivity index (χ2v) is 2.60. The van der Waals surface area contributed by atoms with Gasteiger partial charge in [0.05, 0.1) is 0 Å². The van der Waals surface area contributed by atoms with Crippen LogP contribution in [0.25, 0.3) is 0 Å². The summed E-state index contributed by atoms with van der Waals surface area (Å²) in [6.07, 6.45) is 0. The number of carboxylic acid groups (broad SMARTS) is 5. The molecule has 0 fully saturated rings. The molecule has 0 amide bonds. The fraction of sp³-hybridized carbons (Fsp3) is 0.500. The molecule has 0 unspecified atom stereocenters. The first-order valence-electron chi connectivity index (χ1n) is 4.64. The molecule has 0 aliphatic carbocycles. The number of hydrogen-bond donors (Lipinski definition) is 5. The van der Waals surface area contributed by atoms with Crippen molar-refractivity contribution in [2.75, 3.05) is 0 Å². The number of carboxylic acids is 5. The van der Waals surface area contributed by atoms with Gasteiger partial charge in [0.25, 0.3) is 29.8 Å². The van der Waals surface area contributed by atoms with E-state index in [9.17, 15) is 0 Å². The Morgan fingerprint density at radius 2 is 0.220 bits per heavy atom. The van der Waals surface area contributed by atoms with Gasteiger partial charge in [-0.3, -0.25) is 24.0 Å². The SMILES string of the molecule is CC(=O)O.CC(=O)O.CC(=O)O.CC(=O)O.CC(=O)O.[MgH2].[MgH2].[MgH2].[MgH2].[MgH2].[MgH2].[MgH2].[MgH2].[MgH2].[MgH2].[MgH2].[MgH2].[MgH2].[MgH2].[MgH2].[MgH2].[MgH2].[MgH2].[MgH2].[MgH2].[MgH2]. The lowest BCUT2D eigenvalue weighted by atomic mass is 10.9. The van der Waals surface area contributed by atoms with Crippen LogP contribution in [0.4, 0.5) is 0 Å². The Bertz CT molecular complexity index is 246. The zero-order chi connectivity index (χ0) is 17.9. The highest BCUT2D eigenvalue weighted by Crippen LogP contribution is 1.43. The smallest absolute Gasteiger partial charge is 0.316 e. The molecule has 0 aliphatic rings. The summed E-state index contributed by atoms with van der Waals surface area (Å²) < 4.78 is 0. The maximum Gasteiger partial charge on any atom is 0.316 e. The minimum atomic E-state index is -0.833. The minimum Gasteiger partial charge on any atom is -0.481 e. The van der Waals surface area contributed by atoms with E-state index in [0.29, 0.717) is 0 Å². The average molecular weight is 853 g/mol. The van der Waals surface area contributed by atoms with E-state index in [4.69, 9.17) is 49.5 Å². The first-order chi connectivity index (χ1) is 8.66. The number of aliphatic carboxylic acids is 5. The van der Waals surface area contributed by atoms with Crippen LogP contribution in [0.15, 0.2) is 0 Å². The molecule has 204 valence electrons. The van der Waals surface area contributed by atoms with Crippen molar-refractivity contribution in [2.45, 2.75) is 34.6 Å². The van der Waals surface area contributed by atoms with Gasteiger partial charge in [0.1, 0.15) is 0 Å². The van der Waals surface area contributed by atoms with Gasteiger partial charge in [0, 0.05) is 34.6 Å². The molecule has 31 heteroatoms. The van der Waals surface area contributed by atoms with E-state index in [1.54, 1.807) is 0 Å². The van der Waals surface area contributed by atoms with Gasteiger partial charge < -0.3 is 25.5 Å². The lowest BCUT2D eigenvalue weighted by Gasteiger charge is -1.59. The Morgan fingerprint density at radius 1 is 0.220 bits per heavy atom. The summed E-state index contributed by atoms with van der Waals surface area (Å²) in [4.78, 5) is 45.0. The van der Waals surface area contributed by atoms with Crippen LogP contribution in [0.1, 0.15) is 34.6 Å². The molecular formula is C10H62Mg21O10. The fourth-order valence-corrected chi connectivity index (χ4v) is 0. The summed E-state index contributed by atoms with van der Waals surface area (Å²) in [6.45, 7) is 5.42. The van der Waals surface area contributed by atoms with Gasteiger partial charge in [-0.15, -0.1) is 0 Å². The summed E-state index contributed by atoms with van der Waals surface area (Å²) in [5.74, 6) is -4.17. The van der Waals surface area contributed by atoms with Crippen molar-refractivity contribution >= 4 is 514 Å². The lowest BCUT2D eigenvalue weighted by Crippen LogP contribution is -1.78. The van der Waals surface area contributed by atoms with Gasteiger partial charge in [0.2, 0.25) is 0 Å². The molecule has 0 aliphatic heterocycles. The Balaban J connectivity index is -0.00000000253. The van der Waals surface area contributed by atoms with E-state index < -0.39 is 29.8 Å². The molecule has 41 heavy (non-hydrogen) atoms. The predicted molar refractivity (Wildman–Crippen MR) is 246 cm³/mol. The maximum absolute atomic E-state index is 9.00. The molecule has 0 rings (SSSR count). The molecule has 0 bridgehead atoms. The molecule has 0 atom stereocenters. The van der Waals surface area contributed by atoms with Crippen LogP contribution in [0, 0.1) is 0 Å². The van der Waals surface area contributed by atoms with Gasteiger partial charge in [-0.25, -0.2) is 0 Å². The van der Waals surface area contributed by atoms with Gasteiger partial charge in [-0.2, -0.15) is 0 Å². The fourth-order valence-electron chi connectivity index (χ4n) is 0. The third-order valence-corrected chi connectivity index (χ3v) is 0. The van der Waals surface area contributed by atoms with Crippen molar-refractivity contribution < 1.29 is 49.5 Å². The Morgan fingerprint density at radius 3 is 0.220 bits per heavy atom. The summed E-state index contributed by atoms with van der Waals surface area (Å²) >= 11 is 0. The van der Waals surface area contributed by atoms with Crippen molar-refractivity contribution in [1.82, 2.24) is 0 Å². The molecule has 0 aromatic carbocycles. The topological polar surface area (TPSA) is 186 Å². The quantitative estimate of drug-likeness (QED) is 0.147. The van der Waals surface area contributed by atoms with E-state index in [0.717, 1.165) is 34.6 Å². The third-order valence-electron chi connectivity index (χ3n) is 0. The lowest BCUT2D eigenvalue weighted by molar-refractivity contribution is -0.135. The van der Waals surface area contributed by atoms with Crippen LogP contribution >= 0.6 is 0 Å². The highest BCUT2D eigenvalue weighted by atomic mass is 24.3. The van der Waals surface area contributed by atoms with Crippen molar-refractivity contribution in [3.8, 4) is 0 Å². The minimum absolute atomic E-state index is 0. The van der Waals surface area contributed by atoms with Crippen molar-refractivity contribution in [3.05, 3.63) is 0 Å². The first kappa shape index (κ1) is 192. The number of carbonyl (C=O) groups is 5. The number of hydrogen-bond acceptors (Lipinski definition) is 5. The van der Waals surface area contributed by atoms with Crippen LogP contribution < -0.4 is 0 Å². The summed E-state index contributed by atoms with van der Waals surface area (Å²) in [7, 11) is 0. The van der Waals surface area contributed by atoms with E-state index >= 15 is 0 Å². The van der Waals surface area contributed by atoms with E-state index in [2.05, 4.69) is 0 Å². The highest BCUT2D eigenvalue weighted by molar-refractivity contribution is 5.78. The molecular weight excluding hydrogens is 791 g/mol. The predicted octanol–water partition coefficient (Wildman–Crippen LogP) is -18.8. The summed E-state index contributed by atoms with van der Waals surface area (Å²) in [5, 5.41) is 37.1. The first-order valence-corrected chi connectivity index (χ1v) is 4.64. The average Bonchev–Trinajstić information content (AvgIpc) is 1.94. The van der Waals surface area contributed by atoms with Gasteiger partial charge in [0.15, 0.2) is 0 Å². The van der Waals surface area contributed by atoms with E-state index in [-0.39, 0.29) is 484 Å². The second kappa shape index (κ2) is 182. The second-order valence-electron chi connectivity index (χ2n) is 2.60. The van der Waals surface area contributed by atoms with Crippen LogP contribution in [0.5, 0.6) is 0 Å². The molecule has 0 saturated carbocycles. The Labute approximate surface area is 582 Å². The molecule has 0 aromatic heterocycles. The summed E-state index contributed by atoms with van der Waals surface area (Å²) in [5.41, 5.74) is 0. The molecule has 0 saturated heterocycles. The van der Waals surface area contributed by atoms with E-state index in [1.807, 2.05) is 0 Å². The monoisotopic (exact) mass is 846 g/mol. The molecule has 0 radical (unpaired) electrons. The maximum atomic E-state index is 9.00. The van der Waals surface area contributed by atoms with Crippen LogP contribution in [0.3, 0.4) is 0 Å². The largest absolute Gasteiger partial charge is 0.481 e. The Hall–Kier alpha value is 13.4. The standard InChI is InChI=1S/5C2H4O2.21Mg.42H/c5*1-2(3)4;;;;;;;;;;;;;;;;;;;;;;;;;;;;;;;;;;;;;;;;;;;;;;;;;;;;;;;;;;;;;;;/h5*1H3,(H,3,4);;;;;;;;;;;;;;;;;;;;;;;;;;;;;;;;;;;;;;;;;;;;;;;;;;;;;;;;;;;;;;;. The number of rotatable bonds is 0. The third kappa shape index (κ3) is 783. The van der Waals surface area contributed by atoms with Crippen LogP contribution in [0.2, 0.25) is 0 Å². The van der Waals surface area contributed by atoms with Crippen molar-refractivity contribution in [1.29, 1.82) is 0 Å². The normalized spacial score (nSPS) is 3.05. The highest BCUT2D eigenvalue weighted by Gasteiger charge is 1.67. The van der Waals surface area contributed by atoms with Crippen molar-refractivity contribution in [3.63, 3.8) is 0 Å². The summed E-state index contributed by atoms with van der Waals surface area (Å²) in [6, 6.07) is 0. The zero-order valence-corrected chi connectivity index (χ0v) is 11.8. The molecule has 0 aromatic rings. The Kier molecular flexibility index (Phi) is 852. The van der Waals surface area contributed by atoms with Crippen molar-refractivity contribution in [2.24, 2.45) is 0 Å². The van der Waals surface area contributed by atoms with Gasteiger partial charge in [-0.1, -0.05) is 0 Å². The van der Waals surface area contributed by atoms with E-state index in [1.165, 1.54) is 0 Å². The molecule has 5 N–H and O–H groups in total. The van der Waals surface area contributed by atoms with Gasteiger partial charge >= 0.3 is 484 Å². The molecule has 0 spiro atoms. The van der Waals surface area contributed by atoms with Crippen LogP contribution in [-0.4, -0.2) is 539 Å².